The van der Waals surface area contributed by atoms with E-state index in [0.717, 1.165) is 35.3 Å². The zero-order valence-corrected chi connectivity index (χ0v) is 11.5. The number of aromatic hydroxyl groups is 1. The first-order valence-electron chi connectivity index (χ1n) is 7.15. The summed E-state index contributed by atoms with van der Waals surface area (Å²) in [4.78, 5) is 4.65. The third-order valence-corrected chi connectivity index (χ3v) is 3.91. The van der Waals surface area contributed by atoms with Crippen molar-refractivity contribution in [2.45, 2.75) is 25.3 Å². The monoisotopic (exact) mass is 282 g/mol. The lowest BCUT2D eigenvalue weighted by Crippen LogP contribution is -2.02. The first kappa shape index (κ1) is 12.4. The highest BCUT2D eigenvalue weighted by Gasteiger charge is 2.28. The van der Waals surface area contributed by atoms with Crippen molar-refractivity contribution in [3.63, 3.8) is 0 Å². The molecule has 2 aromatic carbocycles. The van der Waals surface area contributed by atoms with Crippen LogP contribution in [0.25, 0.3) is 11.0 Å². The number of nitrogens with zero attached hydrogens (tertiary/aromatic N) is 2. The smallest absolute Gasteiger partial charge is 0.125 e. The normalized spacial score (nSPS) is 14.7. The summed E-state index contributed by atoms with van der Waals surface area (Å²) >= 11 is 0. The number of rotatable bonds is 3. The summed E-state index contributed by atoms with van der Waals surface area (Å²) in [5.41, 5.74) is 2.71. The highest BCUT2D eigenvalue weighted by Crippen LogP contribution is 2.39. The van der Waals surface area contributed by atoms with Crippen LogP contribution in [0.1, 0.15) is 30.3 Å². The second-order valence-electron chi connectivity index (χ2n) is 5.61. The molecule has 1 heterocycles. The largest absolute Gasteiger partial charge is 0.508 e. The lowest BCUT2D eigenvalue weighted by atomic mass is 10.1. The van der Waals surface area contributed by atoms with E-state index in [1.807, 2.05) is 12.1 Å². The highest BCUT2D eigenvalue weighted by atomic mass is 19.1. The Morgan fingerprint density at radius 2 is 2.05 bits per heavy atom. The molecule has 21 heavy (non-hydrogen) atoms. The average molecular weight is 282 g/mol. The molecule has 0 unspecified atom stereocenters. The predicted octanol–water partition coefficient (Wildman–Crippen LogP) is 3.81. The maximum absolute atomic E-state index is 13.5. The van der Waals surface area contributed by atoms with Gasteiger partial charge in [-0.15, -0.1) is 0 Å². The van der Waals surface area contributed by atoms with Gasteiger partial charge >= 0.3 is 0 Å². The fraction of sp³-hybridized carbons (Fsp3) is 0.235. The Morgan fingerprint density at radius 1 is 1.19 bits per heavy atom. The number of aromatic nitrogens is 2. The SMILES string of the molecule is Oc1cccc(Cc2nc3ccc(F)cc3n2C2CC2)c1. The van der Waals surface area contributed by atoms with Crippen LogP contribution in [0.5, 0.6) is 5.75 Å². The van der Waals surface area contributed by atoms with Gasteiger partial charge in [0.25, 0.3) is 0 Å². The number of fused-ring (bicyclic) bond motifs is 1. The summed E-state index contributed by atoms with van der Waals surface area (Å²) in [6.45, 7) is 0. The molecule has 1 aromatic heterocycles. The Kier molecular flexibility index (Phi) is 2.70. The van der Waals surface area contributed by atoms with Crippen molar-refractivity contribution in [2.75, 3.05) is 0 Å². The second kappa shape index (κ2) is 4.58. The molecule has 0 radical (unpaired) electrons. The van der Waals surface area contributed by atoms with Gasteiger partial charge in [0.15, 0.2) is 0 Å². The lowest BCUT2D eigenvalue weighted by Gasteiger charge is -2.08. The first-order valence-corrected chi connectivity index (χ1v) is 7.15. The van der Waals surface area contributed by atoms with Gasteiger partial charge < -0.3 is 9.67 Å². The Labute approximate surface area is 121 Å². The van der Waals surface area contributed by atoms with Crippen molar-refractivity contribution in [1.29, 1.82) is 0 Å². The van der Waals surface area contributed by atoms with Crippen LogP contribution in [-0.2, 0) is 6.42 Å². The van der Waals surface area contributed by atoms with E-state index in [4.69, 9.17) is 0 Å². The van der Waals surface area contributed by atoms with E-state index in [1.54, 1.807) is 24.3 Å². The van der Waals surface area contributed by atoms with Gasteiger partial charge in [0, 0.05) is 12.5 Å². The number of hydrogen-bond acceptors (Lipinski definition) is 2. The number of halogens is 1. The minimum absolute atomic E-state index is 0.229. The molecule has 106 valence electrons. The molecule has 1 aliphatic carbocycles. The topological polar surface area (TPSA) is 38.1 Å². The zero-order chi connectivity index (χ0) is 14.4. The van der Waals surface area contributed by atoms with Crippen molar-refractivity contribution in [3.05, 3.63) is 59.7 Å². The molecule has 3 nitrogen and oxygen atoms in total. The summed E-state index contributed by atoms with van der Waals surface area (Å²) in [6.07, 6.45) is 2.88. The Morgan fingerprint density at radius 3 is 2.81 bits per heavy atom. The maximum Gasteiger partial charge on any atom is 0.125 e. The van der Waals surface area contributed by atoms with E-state index < -0.39 is 0 Å². The standard InChI is InChI=1S/C17H15FN2O/c18-12-4-7-15-16(10-12)20(13-5-6-13)17(19-15)9-11-2-1-3-14(21)8-11/h1-4,7-8,10,13,21H,5-6,9H2. The molecule has 0 aliphatic heterocycles. The number of phenols is 1. The van der Waals surface area contributed by atoms with Gasteiger partial charge in [-0.2, -0.15) is 0 Å². The van der Waals surface area contributed by atoms with Gasteiger partial charge in [0.05, 0.1) is 11.0 Å². The number of phenolic OH excluding ortho intramolecular Hbond substituents is 1. The van der Waals surface area contributed by atoms with Crippen LogP contribution >= 0.6 is 0 Å². The van der Waals surface area contributed by atoms with Crippen LogP contribution < -0.4 is 0 Å². The van der Waals surface area contributed by atoms with Crippen molar-refractivity contribution in [1.82, 2.24) is 9.55 Å². The van der Waals surface area contributed by atoms with E-state index in [9.17, 15) is 9.50 Å². The van der Waals surface area contributed by atoms with E-state index in [0.29, 0.717) is 12.5 Å². The molecule has 0 atom stereocenters. The van der Waals surface area contributed by atoms with Crippen LogP contribution in [0.15, 0.2) is 42.5 Å². The van der Waals surface area contributed by atoms with Crippen LogP contribution in [0.2, 0.25) is 0 Å². The Bertz CT molecular complexity index is 821. The van der Waals surface area contributed by atoms with Gasteiger partial charge in [-0.1, -0.05) is 12.1 Å². The fourth-order valence-electron chi connectivity index (χ4n) is 2.83. The van der Waals surface area contributed by atoms with Crippen molar-refractivity contribution in [2.24, 2.45) is 0 Å². The fourth-order valence-corrected chi connectivity index (χ4v) is 2.83. The minimum atomic E-state index is -0.229. The van der Waals surface area contributed by atoms with Crippen molar-refractivity contribution in [3.8, 4) is 5.75 Å². The summed E-state index contributed by atoms with van der Waals surface area (Å²) in [5.74, 6) is 0.963. The molecule has 0 bridgehead atoms. The van der Waals surface area contributed by atoms with Crippen molar-refractivity contribution < 1.29 is 9.50 Å². The molecule has 1 saturated carbocycles. The summed E-state index contributed by atoms with van der Waals surface area (Å²) < 4.78 is 15.7. The van der Waals surface area contributed by atoms with E-state index in [1.165, 1.54) is 6.07 Å². The molecule has 1 N–H and O–H groups in total. The number of imidazole rings is 1. The Balaban J connectivity index is 1.82. The molecule has 0 amide bonds. The van der Waals surface area contributed by atoms with Gasteiger partial charge in [0.2, 0.25) is 0 Å². The molecule has 3 aromatic rings. The molecule has 0 saturated heterocycles. The molecular formula is C17H15FN2O. The van der Waals surface area contributed by atoms with Crippen LogP contribution in [-0.4, -0.2) is 14.7 Å². The van der Waals surface area contributed by atoms with Crippen LogP contribution in [0.4, 0.5) is 4.39 Å². The molecule has 4 rings (SSSR count). The quantitative estimate of drug-likeness (QED) is 0.793. The molecule has 0 spiro atoms. The van der Waals surface area contributed by atoms with Crippen molar-refractivity contribution >= 4 is 11.0 Å². The zero-order valence-electron chi connectivity index (χ0n) is 11.5. The Hall–Kier alpha value is -2.36. The van der Waals surface area contributed by atoms with Gasteiger partial charge in [0.1, 0.15) is 17.4 Å². The summed E-state index contributed by atoms with van der Waals surface area (Å²) in [5, 5.41) is 9.58. The van der Waals surface area contributed by atoms with Crippen LogP contribution in [0, 0.1) is 5.82 Å². The number of benzene rings is 2. The third kappa shape index (κ3) is 2.27. The van der Waals surface area contributed by atoms with Gasteiger partial charge in [-0.25, -0.2) is 9.37 Å². The van der Waals surface area contributed by atoms with Gasteiger partial charge in [-0.3, -0.25) is 0 Å². The highest BCUT2D eigenvalue weighted by molar-refractivity contribution is 5.76. The predicted molar refractivity (Wildman–Crippen MR) is 78.9 cm³/mol. The summed E-state index contributed by atoms with van der Waals surface area (Å²) in [6, 6.07) is 12.4. The molecule has 1 fully saturated rings. The first-order chi connectivity index (χ1) is 10.2. The van der Waals surface area contributed by atoms with E-state index in [2.05, 4.69) is 9.55 Å². The maximum atomic E-state index is 13.5. The van der Waals surface area contributed by atoms with E-state index >= 15 is 0 Å². The van der Waals surface area contributed by atoms with E-state index in [-0.39, 0.29) is 11.6 Å². The minimum Gasteiger partial charge on any atom is -0.508 e. The molecular weight excluding hydrogens is 267 g/mol. The lowest BCUT2D eigenvalue weighted by molar-refractivity contribution is 0.474. The number of hydrogen-bond donors (Lipinski definition) is 1. The molecule has 4 heteroatoms. The third-order valence-electron chi connectivity index (χ3n) is 3.91. The molecule has 1 aliphatic rings. The summed E-state index contributed by atoms with van der Waals surface area (Å²) in [7, 11) is 0. The second-order valence-corrected chi connectivity index (χ2v) is 5.61. The van der Waals surface area contributed by atoms with Gasteiger partial charge in [-0.05, 0) is 48.7 Å². The average Bonchev–Trinajstić information content (AvgIpc) is 3.21. The van der Waals surface area contributed by atoms with Crippen LogP contribution in [0.3, 0.4) is 0 Å².